The molecule has 8 heteroatoms. The quantitative estimate of drug-likeness (QED) is 0.602. The zero-order valence-corrected chi connectivity index (χ0v) is 17.6. The molecule has 1 aliphatic heterocycles. The normalized spacial score (nSPS) is 27.0. The second-order valence-electron chi connectivity index (χ2n) is 8.35. The molecule has 1 aromatic carbocycles. The number of hydrogen-bond donors (Lipinski definition) is 3. The van der Waals surface area contributed by atoms with E-state index in [0.29, 0.717) is 28.7 Å². The van der Waals surface area contributed by atoms with Gasteiger partial charge < -0.3 is 14.9 Å². The molecule has 2 unspecified atom stereocenters. The van der Waals surface area contributed by atoms with E-state index in [0.717, 1.165) is 18.4 Å². The summed E-state index contributed by atoms with van der Waals surface area (Å²) in [7, 11) is 0. The van der Waals surface area contributed by atoms with Crippen LogP contribution in [0.4, 0.5) is 0 Å². The number of fused-ring (bicyclic) bond motifs is 1. The van der Waals surface area contributed by atoms with Crippen molar-refractivity contribution < 1.29 is 24.5 Å². The lowest BCUT2D eigenvalue weighted by Crippen LogP contribution is -2.30. The summed E-state index contributed by atoms with van der Waals surface area (Å²) in [6.07, 6.45) is 4.66. The van der Waals surface area contributed by atoms with Crippen LogP contribution in [0.15, 0.2) is 17.4 Å². The van der Waals surface area contributed by atoms with Gasteiger partial charge in [0.1, 0.15) is 10.8 Å². The summed E-state index contributed by atoms with van der Waals surface area (Å²) in [5, 5.41) is 23.3. The van der Waals surface area contributed by atoms with Crippen molar-refractivity contribution in [3.8, 4) is 5.75 Å². The fourth-order valence-corrected chi connectivity index (χ4v) is 5.51. The van der Waals surface area contributed by atoms with Gasteiger partial charge in [0.2, 0.25) is 0 Å². The number of aliphatic hydroxyl groups is 2. The highest BCUT2D eigenvalue weighted by molar-refractivity contribution is 6.43. The molecule has 156 valence electrons. The Morgan fingerprint density at radius 3 is 2.52 bits per heavy atom. The lowest BCUT2D eigenvalue weighted by Gasteiger charge is -2.35. The fourth-order valence-electron chi connectivity index (χ4n) is 4.98. The fraction of sp³-hybridized carbons (Fsp3) is 0.524. The Hall–Kier alpha value is -1.76. The molecule has 1 fully saturated rings. The van der Waals surface area contributed by atoms with Crippen molar-refractivity contribution in [1.29, 1.82) is 0 Å². The Morgan fingerprint density at radius 1 is 1.21 bits per heavy atom. The Bertz CT molecular complexity index is 922. The molecule has 0 spiro atoms. The third-order valence-corrected chi connectivity index (χ3v) is 7.53. The number of imide groups is 1. The van der Waals surface area contributed by atoms with Gasteiger partial charge in [-0.15, -0.1) is 0 Å². The number of carbonyl (C=O) groups excluding carboxylic acids is 2. The minimum absolute atomic E-state index is 0.0115. The van der Waals surface area contributed by atoms with E-state index < -0.39 is 23.7 Å². The van der Waals surface area contributed by atoms with Crippen LogP contribution in [0.1, 0.15) is 56.3 Å². The number of aliphatic hydroxyl groups excluding tert-OH is 2. The Labute approximate surface area is 178 Å². The lowest BCUT2D eigenvalue weighted by atomic mass is 9.72. The second-order valence-corrected chi connectivity index (χ2v) is 9.11. The molecule has 29 heavy (non-hydrogen) atoms. The average Bonchev–Trinajstić information content (AvgIpc) is 3.35. The van der Waals surface area contributed by atoms with E-state index in [1.165, 1.54) is 12.8 Å². The van der Waals surface area contributed by atoms with Gasteiger partial charge in [-0.1, -0.05) is 43.0 Å². The predicted octanol–water partition coefficient (Wildman–Crippen LogP) is 4.02. The summed E-state index contributed by atoms with van der Waals surface area (Å²) in [6, 6.07) is 1.81. The van der Waals surface area contributed by atoms with E-state index in [1.807, 2.05) is 5.32 Å². The number of nitrogens with one attached hydrogen (secondary N) is 1. The van der Waals surface area contributed by atoms with E-state index in [2.05, 4.69) is 6.92 Å². The van der Waals surface area contributed by atoms with E-state index >= 15 is 0 Å². The van der Waals surface area contributed by atoms with E-state index in [1.54, 1.807) is 6.07 Å². The van der Waals surface area contributed by atoms with E-state index in [9.17, 15) is 19.8 Å². The predicted molar refractivity (Wildman–Crippen MR) is 108 cm³/mol. The minimum atomic E-state index is -0.802. The lowest BCUT2D eigenvalue weighted by molar-refractivity contribution is -0.125. The molecule has 3 N–H and O–H groups in total. The molecule has 2 atom stereocenters. The number of ether oxygens (including phenoxy) is 1. The van der Waals surface area contributed by atoms with Gasteiger partial charge in [-0.05, 0) is 36.8 Å². The SMILES string of the molecule is CC1(C2CCCC2)Cc2cc(OCCC3=C(O)C(=O)NC3=O)c(Cl)c(Cl)c2C1O. The zero-order valence-electron chi connectivity index (χ0n) is 16.1. The third-order valence-electron chi connectivity index (χ3n) is 6.67. The molecule has 0 bridgehead atoms. The number of halogens is 2. The topological polar surface area (TPSA) is 95.9 Å². The molecule has 6 nitrogen and oxygen atoms in total. The molecule has 1 saturated carbocycles. The van der Waals surface area contributed by atoms with Gasteiger partial charge in [-0.25, -0.2) is 0 Å². The Morgan fingerprint density at radius 2 is 1.90 bits per heavy atom. The standard InChI is InChI=1S/C21H23Cl2NO5/c1-21(11-4-2-3-5-11)9-10-8-13(15(22)16(23)14(10)18(21)26)29-7-6-12-17(25)20(28)24-19(12)27/h8,11,18,26H,2-7,9H2,1H3,(H2,24,25,27,28). The first-order valence-corrected chi connectivity index (χ1v) is 10.6. The maximum Gasteiger partial charge on any atom is 0.293 e. The molecule has 0 saturated heterocycles. The van der Waals surface area contributed by atoms with Crippen LogP contribution in [0.25, 0.3) is 0 Å². The Balaban J connectivity index is 1.54. The first kappa shape index (κ1) is 20.5. The van der Waals surface area contributed by atoms with Gasteiger partial charge in [0.15, 0.2) is 5.76 Å². The summed E-state index contributed by atoms with van der Waals surface area (Å²) in [6.45, 7) is 2.15. The highest BCUT2D eigenvalue weighted by atomic mass is 35.5. The maximum atomic E-state index is 11.7. The van der Waals surface area contributed by atoms with Crippen LogP contribution in [0.5, 0.6) is 5.75 Å². The van der Waals surface area contributed by atoms with Gasteiger partial charge in [0, 0.05) is 17.4 Å². The van der Waals surface area contributed by atoms with Crippen molar-refractivity contribution in [1.82, 2.24) is 5.32 Å². The molecule has 0 aromatic heterocycles. The number of carbonyl (C=O) groups is 2. The Kier molecular flexibility index (Phi) is 5.30. The van der Waals surface area contributed by atoms with E-state index in [-0.39, 0.29) is 29.0 Å². The maximum absolute atomic E-state index is 11.7. The summed E-state index contributed by atoms with van der Waals surface area (Å²) < 4.78 is 5.73. The molecule has 0 radical (unpaired) electrons. The summed E-state index contributed by atoms with van der Waals surface area (Å²) in [4.78, 5) is 23.0. The number of rotatable bonds is 5. The summed E-state index contributed by atoms with van der Waals surface area (Å²) in [5.41, 5.74) is 1.32. The molecule has 2 aliphatic carbocycles. The van der Waals surface area contributed by atoms with Crippen LogP contribution in [0.3, 0.4) is 0 Å². The van der Waals surface area contributed by atoms with Crippen LogP contribution >= 0.6 is 23.2 Å². The number of benzene rings is 1. The van der Waals surface area contributed by atoms with Gasteiger partial charge in [0.05, 0.1) is 23.3 Å². The third kappa shape index (κ3) is 3.31. The van der Waals surface area contributed by atoms with Gasteiger partial charge in [-0.2, -0.15) is 0 Å². The van der Waals surface area contributed by atoms with Gasteiger partial charge in [0.25, 0.3) is 11.8 Å². The monoisotopic (exact) mass is 439 g/mol. The van der Waals surface area contributed by atoms with Crippen molar-refractivity contribution in [3.05, 3.63) is 38.6 Å². The first-order valence-electron chi connectivity index (χ1n) is 9.83. The van der Waals surface area contributed by atoms with Gasteiger partial charge in [-0.3, -0.25) is 14.9 Å². The van der Waals surface area contributed by atoms with Crippen LogP contribution in [-0.4, -0.2) is 28.6 Å². The highest BCUT2D eigenvalue weighted by Crippen LogP contribution is 2.58. The zero-order chi connectivity index (χ0) is 20.9. The van der Waals surface area contributed by atoms with Crippen molar-refractivity contribution in [2.24, 2.45) is 11.3 Å². The average molecular weight is 440 g/mol. The molecule has 4 rings (SSSR count). The first-order chi connectivity index (χ1) is 13.7. The highest BCUT2D eigenvalue weighted by Gasteiger charge is 2.49. The summed E-state index contributed by atoms with van der Waals surface area (Å²) >= 11 is 12.9. The van der Waals surface area contributed by atoms with Gasteiger partial charge >= 0.3 is 0 Å². The molecule has 1 heterocycles. The van der Waals surface area contributed by atoms with Crippen LogP contribution < -0.4 is 10.1 Å². The molecular formula is C21H23Cl2NO5. The smallest absolute Gasteiger partial charge is 0.293 e. The minimum Gasteiger partial charge on any atom is -0.503 e. The van der Waals surface area contributed by atoms with Crippen LogP contribution in [-0.2, 0) is 16.0 Å². The molecular weight excluding hydrogens is 417 g/mol. The molecule has 2 amide bonds. The van der Waals surface area contributed by atoms with E-state index in [4.69, 9.17) is 27.9 Å². The van der Waals surface area contributed by atoms with Crippen molar-refractivity contribution in [2.45, 2.75) is 51.6 Å². The van der Waals surface area contributed by atoms with Crippen molar-refractivity contribution in [2.75, 3.05) is 6.61 Å². The van der Waals surface area contributed by atoms with Crippen molar-refractivity contribution in [3.63, 3.8) is 0 Å². The largest absolute Gasteiger partial charge is 0.503 e. The number of amides is 2. The van der Waals surface area contributed by atoms with Crippen LogP contribution in [0, 0.1) is 11.3 Å². The van der Waals surface area contributed by atoms with Crippen LogP contribution in [0.2, 0.25) is 10.0 Å². The number of hydrogen-bond acceptors (Lipinski definition) is 5. The molecule has 1 aromatic rings. The molecule has 3 aliphatic rings. The summed E-state index contributed by atoms with van der Waals surface area (Å²) in [5.74, 6) is -1.19. The van der Waals surface area contributed by atoms with Crippen molar-refractivity contribution >= 4 is 35.0 Å². The second kappa shape index (κ2) is 7.49.